The second-order valence-corrected chi connectivity index (χ2v) is 9.83. The van der Waals surface area contributed by atoms with E-state index in [0.717, 1.165) is 39.9 Å². The minimum Gasteiger partial charge on any atom is -0.493 e. The number of hydrogen-bond donors (Lipinski definition) is 0. The van der Waals surface area contributed by atoms with Crippen molar-refractivity contribution in [2.24, 2.45) is 0 Å². The third-order valence-electron chi connectivity index (χ3n) is 6.51. The van der Waals surface area contributed by atoms with Gasteiger partial charge in [0.05, 0.1) is 28.4 Å². The number of benzene rings is 3. The van der Waals surface area contributed by atoms with E-state index in [2.05, 4.69) is 12.1 Å². The lowest BCUT2D eigenvalue weighted by Crippen LogP contribution is -2.40. The molecule has 7 nitrogen and oxygen atoms in total. The highest BCUT2D eigenvalue weighted by Gasteiger charge is 2.33. The summed E-state index contributed by atoms with van der Waals surface area (Å²) < 4.78 is 28.6. The second kappa shape index (κ2) is 9.72. The number of ether oxygens (including phenoxy) is 5. The van der Waals surface area contributed by atoms with Crippen LogP contribution in [0.2, 0.25) is 0 Å². The number of hydrogen-bond acceptors (Lipinski definition) is 6. The van der Waals surface area contributed by atoms with Gasteiger partial charge in [-0.15, -0.1) is 0 Å². The molecule has 0 unspecified atom stereocenters. The molecule has 1 aliphatic rings. The monoisotopic (exact) mass is 481 g/mol. The van der Waals surface area contributed by atoms with Crippen molar-refractivity contribution in [2.45, 2.75) is 51.7 Å². The van der Waals surface area contributed by atoms with Gasteiger partial charge in [0, 0.05) is 23.4 Å². The summed E-state index contributed by atoms with van der Waals surface area (Å²) in [4.78, 5) is 14.8. The fraction of sp³-hybridized carbons (Fsp3) is 0.464. The molecule has 35 heavy (non-hydrogen) atoms. The molecule has 1 heterocycles. The fourth-order valence-electron chi connectivity index (χ4n) is 5.06. The third-order valence-corrected chi connectivity index (χ3v) is 6.51. The molecule has 188 valence electrons. The first kappa shape index (κ1) is 24.8. The first-order valence-electron chi connectivity index (χ1n) is 11.9. The molecular formula is C28H35NO6. The van der Waals surface area contributed by atoms with Crippen molar-refractivity contribution in [3.05, 3.63) is 35.9 Å². The summed E-state index contributed by atoms with van der Waals surface area (Å²) >= 11 is 0. The van der Waals surface area contributed by atoms with Crippen molar-refractivity contribution in [1.29, 1.82) is 0 Å². The molecule has 1 fully saturated rings. The largest absolute Gasteiger partial charge is 0.493 e. The molecule has 4 rings (SSSR count). The summed E-state index contributed by atoms with van der Waals surface area (Å²) in [5.41, 5.74) is 0.598. The number of fused-ring (bicyclic) bond motifs is 3. The van der Waals surface area contributed by atoms with Crippen molar-refractivity contribution in [2.75, 3.05) is 35.0 Å². The van der Waals surface area contributed by atoms with Crippen molar-refractivity contribution < 1.29 is 28.5 Å². The molecule has 0 N–H and O–H groups in total. The van der Waals surface area contributed by atoms with Gasteiger partial charge in [0.2, 0.25) is 0 Å². The molecule has 0 aliphatic carbocycles. The molecule has 0 bridgehead atoms. The van der Waals surface area contributed by atoms with Gasteiger partial charge < -0.3 is 28.6 Å². The molecule has 0 radical (unpaired) electrons. The van der Waals surface area contributed by atoms with Crippen molar-refractivity contribution >= 4 is 27.6 Å². The predicted octanol–water partition coefficient (Wildman–Crippen LogP) is 5.97. The number of likely N-dealkylation sites (tertiary alicyclic amines) is 1. The summed E-state index contributed by atoms with van der Waals surface area (Å²) in [5.74, 6) is 2.56. The number of rotatable bonds is 6. The molecule has 1 saturated heterocycles. The van der Waals surface area contributed by atoms with Crippen LogP contribution in [0.1, 0.15) is 39.2 Å². The highest BCUT2D eigenvalue weighted by molar-refractivity contribution is 6.16. The van der Waals surface area contributed by atoms with Crippen LogP contribution in [0.4, 0.5) is 4.79 Å². The quantitative estimate of drug-likeness (QED) is 0.404. The molecule has 1 aliphatic heterocycles. The lowest BCUT2D eigenvalue weighted by atomic mass is 9.91. The van der Waals surface area contributed by atoms with E-state index in [4.69, 9.17) is 23.7 Å². The van der Waals surface area contributed by atoms with E-state index in [1.165, 1.54) is 0 Å². The standard InChI is InChI=1S/C28H35NO6/c1-28(2,3)35-27(30)29-14-8-9-19(29)16-18-15-17-10-12-21(31-4)25(33-6)23(17)24-20(18)11-13-22(32-5)26(24)34-7/h10-13,15,19H,8-9,14,16H2,1-7H3/t19-/m0/s1. The van der Waals surface area contributed by atoms with E-state index in [-0.39, 0.29) is 12.1 Å². The van der Waals surface area contributed by atoms with Crippen molar-refractivity contribution in [1.82, 2.24) is 4.90 Å². The van der Waals surface area contributed by atoms with Crippen LogP contribution in [0.25, 0.3) is 21.5 Å². The first-order chi connectivity index (χ1) is 16.7. The van der Waals surface area contributed by atoms with Crippen molar-refractivity contribution in [3.63, 3.8) is 0 Å². The van der Waals surface area contributed by atoms with Crippen LogP contribution < -0.4 is 18.9 Å². The van der Waals surface area contributed by atoms with E-state index in [0.29, 0.717) is 36.0 Å². The highest BCUT2D eigenvalue weighted by atomic mass is 16.6. The van der Waals surface area contributed by atoms with Crippen LogP contribution in [0.3, 0.4) is 0 Å². The Balaban J connectivity index is 1.90. The minimum absolute atomic E-state index is 0.0544. The van der Waals surface area contributed by atoms with Crippen LogP contribution in [-0.2, 0) is 11.2 Å². The second-order valence-electron chi connectivity index (χ2n) is 9.83. The molecule has 3 aromatic carbocycles. The van der Waals surface area contributed by atoms with E-state index in [1.807, 2.05) is 43.9 Å². The van der Waals surface area contributed by atoms with Crippen LogP contribution >= 0.6 is 0 Å². The lowest BCUT2D eigenvalue weighted by Gasteiger charge is -2.29. The summed E-state index contributed by atoms with van der Waals surface area (Å²) in [6.07, 6.45) is 2.33. The van der Waals surface area contributed by atoms with E-state index < -0.39 is 5.60 Å². The normalized spacial score (nSPS) is 16.0. The Bertz CT molecular complexity index is 1250. The number of nitrogens with zero attached hydrogens (tertiary/aromatic N) is 1. The molecule has 3 aromatic rings. The van der Waals surface area contributed by atoms with Gasteiger partial charge in [0.25, 0.3) is 0 Å². The maximum atomic E-state index is 12.9. The summed E-state index contributed by atoms with van der Waals surface area (Å²) in [6, 6.07) is 10.1. The smallest absolute Gasteiger partial charge is 0.410 e. The van der Waals surface area contributed by atoms with E-state index in [9.17, 15) is 4.79 Å². The topological polar surface area (TPSA) is 66.5 Å². The Hall–Kier alpha value is -3.35. The van der Waals surface area contributed by atoms with Crippen LogP contribution in [0.5, 0.6) is 23.0 Å². The predicted molar refractivity (Wildman–Crippen MR) is 137 cm³/mol. The Morgan fingerprint density at radius 1 is 0.914 bits per heavy atom. The summed E-state index contributed by atoms with van der Waals surface area (Å²) in [5, 5.41) is 3.82. The van der Waals surface area contributed by atoms with Gasteiger partial charge in [-0.1, -0.05) is 18.2 Å². The molecular weight excluding hydrogens is 446 g/mol. The van der Waals surface area contributed by atoms with Crippen LogP contribution in [-0.4, -0.2) is 57.6 Å². The van der Waals surface area contributed by atoms with Gasteiger partial charge in [-0.25, -0.2) is 4.79 Å². The number of carbonyl (C=O) groups excluding carboxylic acids is 1. The zero-order chi connectivity index (χ0) is 25.3. The van der Waals surface area contributed by atoms with Crippen molar-refractivity contribution in [3.8, 4) is 23.0 Å². The zero-order valence-corrected chi connectivity index (χ0v) is 21.7. The van der Waals surface area contributed by atoms with Gasteiger partial charge in [-0.3, -0.25) is 0 Å². The Morgan fingerprint density at radius 2 is 1.54 bits per heavy atom. The minimum atomic E-state index is -0.528. The number of amides is 1. The molecule has 0 spiro atoms. The number of carbonyl (C=O) groups is 1. The van der Waals surface area contributed by atoms with Crippen LogP contribution in [0, 0.1) is 0 Å². The maximum Gasteiger partial charge on any atom is 0.410 e. The Labute approximate surface area is 206 Å². The van der Waals surface area contributed by atoms with Crippen LogP contribution in [0.15, 0.2) is 30.3 Å². The van der Waals surface area contributed by atoms with Gasteiger partial charge >= 0.3 is 6.09 Å². The average molecular weight is 482 g/mol. The number of methoxy groups -OCH3 is 4. The van der Waals surface area contributed by atoms with Gasteiger partial charge in [-0.05, 0) is 68.5 Å². The first-order valence-corrected chi connectivity index (χ1v) is 11.9. The molecule has 1 amide bonds. The fourth-order valence-corrected chi connectivity index (χ4v) is 5.06. The van der Waals surface area contributed by atoms with E-state index >= 15 is 0 Å². The zero-order valence-electron chi connectivity index (χ0n) is 21.7. The lowest BCUT2D eigenvalue weighted by molar-refractivity contribution is 0.0227. The molecule has 1 atom stereocenters. The Morgan fingerprint density at radius 3 is 2.14 bits per heavy atom. The van der Waals surface area contributed by atoms with Gasteiger partial charge in [0.1, 0.15) is 5.60 Å². The van der Waals surface area contributed by atoms with Gasteiger partial charge in [0.15, 0.2) is 23.0 Å². The summed E-state index contributed by atoms with van der Waals surface area (Å²) in [6.45, 7) is 6.39. The highest BCUT2D eigenvalue weighted by Crippen LogP contribution is 2.47. The molecule has 0 saturated carbocycles. The maximum absolute atomic E-state index is 12.9. The summed E-state index contributed by atoms with van der Waals surface area (Å²) in [7, 11) is 6.54. The molecule has 7 heteroatoms. The van der Waals surface area contributed by atoms with E-state index in [1.54, 1.807) is 28.4 Å². The Kier molecular flexibility index (Phi) is 6.88. The SMILES string of the molecule is COc1ccc2cc(C[C@@H]3CCCN3C(=O)OC(C)(C)C)c3ccc(OC)c(OC)c3c2c1OC. The molecule has 0 aromatic heterocycles. The third kappa shape index (κ3) is 4.64. The average Bonchev–Trinajstić information content (AvgIpc) is 3.29. The van der Waals surface area contributed by atoms with Gasteiger partial charge in [-0.2, -0.15) is 0 Å².